The van der Waals surface area contributed by atoms with Crippen molar-refractivity contribution in [2.24, 2.45) is 7.05 Å². The van der Waals surface area contributed by atoms with Crippen LogP contribution in [0, 0.1) is 0 Å². The number of hydrogen-bond acceptors (Lipinski definition) is 8. The van der Waals surface area contributed by atoms with Gasteiger partial charge in [0.15, 0.2) is 0 Å². The molecule has 1 aliphatic rings. The number of thiophene rings is 1. The molecule has 0 radical (unpaired) electrons. The average Bonchev–Trinajstić information content (AvgIpc) is 3.13. The molecule has 0 spiro atoms. The summed E-state index contributed by atoms with van der Waals surface area (Å²) in [6.45, 7) is -0.373. The lowest BCUT2D eigenvalue weighted by molar-refractivity contribution is 0.0602. The van der Waals surface area contributed by atoms with E-state index in [1.54, 1.807) is 7.05 Å². The van der Waals surface area contributed by atoms with E-state index >= 15 is 0 Å². The van der Waals surface area contributed by atoms with Crippen molar-refractivity contribution in [3.8, 4) is 0 Å². The van der Waals surface area contributed by atoms with Crippen molar-refractivity contribution < 1.29 is 26.4 Å². The molecule has 0 unspecified atom stereocenters. The normalized spacial score (nSPS) is 16.6. The van der Waals surface area contributed by atoms with Gasteiger partial charge in [-0.05, 0) is 11.4 Å². The highest BCUT2D eigenvalue weighted by atomic mass is 32.2. The van der Waals surface area contributed by atoms with E-state index in [-0.39, 0.29) is 28.0 Å². The zero-order chi connectivity index (χ0) is 18.4. The standard InChI is InChI=1S/C13H15N3O6S3/c1-15-5-4-14-13(15)24(18,19)9-7-16(8-9)25(20,21)10-3-6-23-11(10)12(17)22-2/h3-6,9H,7-8H2,1-2H3. The minimum absolute atomic E-state index is 0.0297. The lowest BCUT2D eigenvalue weighted by atomic mass is 10.3. The first-order valence-electron chi connectivity index (χ1n) is 7.06. The van der Waals surface area contributed by atoms with Gasteiger partial charge in [-0.15, -0.1) is 11.3 Å². The number of hydrogen-bond donors (Lipinski definition) is 0. The summed E-state index contributed by atoms with van der Waals surface area (Å²) in [5.74, 6) is -0.744. The molecule has 3 heterocycles. The number of sulfone groups is 1. The van der Waals surface area contributed by atoms with Crippen LogP contribution < -0.4 is 0 Å². The molecule has 3 rings (SSSR count). The van der Waals surface area contributed by atoms with E-state index in [9.17, 15) is 21.6 Å². The fourth-order valence-electron chi connectivity index (χ4n) is 2.45. The highest BCUT2D eigenvalue weighted by Crippen LogP contribution is 2.31. The van der Waals surface area contributed by atoms with E-state index in [1.807, 2.05) is 0 Å². The molecule has 1 fully saturated rings. The summed E-state index contributed by atoms with van der Waals surface area (Å²) in [6.07, 6.45) is 2.88. The second kappa shape index (κ2) is 6.20. The molecule has 25 heavy (non-hydrogen) atoms. The molecule has 0 amide bonds. The van der Waals surface area contributed by atoms with E-state index in [2.05, 4.69) is 9.72 Å². The predicted molar refractivity (Wildman–Crippen MR) is 88.6 cm³/mol. The number of nitrogens with zero attached hydrogens (tertiary/aromatic N) is 3. The van der Waals surface area contributed by atoms with Crippen LogP contribution in [0.1, 0.15) is 9.67 Å². The largest absolute Gasteiger partial charge is 0.465 e. The monoisotopic (exact) mass is 405 g/mol. The summed E-state index contributed by atoms with van der Waals surface area (Å²) in [5, 5.41) is 0.505. The molecule has 0 aliphatic carbocycles. The van der Waals surface area contributed by atoms with Crippen LogP contribution in [0.3, 0.4) is 0 Å². The van der Waals surface area contributed by atoms with Gasteiger partial charge in [0, 0.05) is 32.5 Å². The Morgan fingerprint density at radius 2 is 2.00 bits per heavy atom. The summed E-state index contributed by atoms with van der Waals surface area (Å²) >= 11 is 0.955. The lowest BCUT2D eigenvalue weighted by Gasteiger charge is -2.36. The minimum Gasteiger partial charge on any atom is -0.465 e. The van der Waals surface area contributed by atoms with Crippen molar-refractivity contribution in [1.29, 1.82) is 0 Å². The summed E-state index contributed by atoms with van der Waals surface area (Å²) in [4.78, 5) is 15.3. The number of esters is 1. The molecule has 0 aromatic carbocycles. The third-order valence-corrected chi connectivity index (χ3v) is 8.88. The molecule has 0 N–H and O–H groups in total. The van der Waals surface area contributed by atoms with Crippen molar-refractivity contribution in [2.45, 2.75) is 15.3 Å². The third-order valence-electron chi connectivity index (χ3n) is 3.90. The first-order valence-corrected chi connectivity index (χ1v) is 10.9. The van der Waals surface area contributed by atoms with Crippen molar-refractivity contribution >= 4 is 37.2 Å². The quantitative estimate of drug-likeness (QED) is 0.649. The first-order chi connectivity index (χ1) is 11.7. The second-order valence-corrected chi connectivity index (χ2v) is 10.4. The number of ether oxygens (including phenoxy) is 1. The van der Waals surface area contributed by atoms with Gasteiger partial charge in [0.1, 0.15) is 9.77 Å². The number of methoxy groups -OCH3 is 1. The first kappa shape index (κ1) is 18.0. The molecule has 0 atom stereocenters. The van der Waals surface area contributed by atoms with Gasteiger partial charge in [0.25, 0.3) is 0 Å². The lowest BCUT2D eigenvalue weighted by Crippen LogP contribution is -2.57. The van der Waals surface area contributed by atoms with Crippen molar-refractivity contribution in [1.82, 2.24) is 13.9 Å². The molecule has 136 valence electrons. The zero-order valence-corrected chi connectivity index (χ0v) is 15.8. The van der Waals surface area contributed by atoms with Crippen molar-refractivity contribution in [3.05, 3.63) is 28.7 Å². The smallest absolute Gasteiger partial charge is 0.349 e. The van der Waals surface area contributed by atoms with Crippen LogP contribution in [0.4, 0.5) is 0 Å². The van der Waals surface area contributed by atoms with Gasteiger partial charge < -0.3 is 9.30 Å². The summed E-state index contributed by atoms with van der Waals surface area (Å²) in [7, 11) is -4.97. The Labute approximate surface area is 148 Å². The Morgan fingerprint density at radius 3 is 2.56 bits per heavy atom. The van der Waals surface area contributed by atoms with Gasteiger partial charge in [-0.2, -0.15) is 4.31 Å². The molecule has 0 saturated carbocycles. The Balaban J connectivity index is 1.82. The Kier molecular flexibility index (Phi) is 4.47. The Bertz CT molecular complexity index is 1020. The van der Waals surface area contributed by atoms with Gasteiger partial charge in [-0.1, -0.05) is 0 Å². The topological polar surface area (TPSA) is 116 Å². The van der Waals surface area contributed by atoms with E-state index in [1.165, 1.54) is 28.4 Å². The molecule has 12 heteroatoms. The maximum Gasteiger partial charge on any atom is 0.349 e. The highest BCUT2D eigenvalue weighted by Gasteiger charge is 2.46. The number of imidazole rings is 1. The van der Waals surface area contributed by atoms with Crippen LogP contribution in [-0.4, -0.2) is 62.1 Å². The van der Waals surface area contributed by atoms with Crippen LogP contribution >= 0.6 is 11.3 Å². The molecule has 9 nitrogen and oxygen atoms in total. The van der Waals surface area contributed by atoms with Gasteiger partial charge in [0.05, 0.1) is 12.4 Å². The van der Waals surface area contributed by atoms with E-state index in [4.69, 9.17) is 0 Å². The van der Waals surface area contributed by atoms with E-state index < -0.39 is 31.1 Å². The molecule has 1 saturated heterocycles. The van der Waals surface area contributed by atoms with Crippen LogP contribution in [0.2, 0.25) is 0 Å². The third kappa shape index (κ3) is 2.88. The number of carbonyl (C=O) groups is 1. The molecular weight excluding hydrogens is 390 g/mol. The number of aromatic nitrogens is 2. The summed E-state index contributed by atoms with van der Waals surface area (Å²) in [6, 6.07) is 1.31. The number of aryl methyl sites for hydroxylation is 1. The van der Waals surface area contributed by atoms with Gasteiger partial charge in [-0.3, -0.25) is 0 Å². The van der Waals surface area contributed by atoms with Crippen LogP contribution in [-0.2, 0) is 31.6 Å². The maximum absolute atomic E-state index is 12.7. The SMILES string of the molecule is COC(=O)c1sccc1S(=O)(=O)N1CC(S(=O)(=O)c2nccn2C)C1. The molecule has 2 aromatic rings. The predicted octanol–water partition coefficient (Wildman–Crippen LogP) is 0.115. The molecule has 0 bridgehead atoms. The van der Waals surface area contributed by atoms with E-state index in [0.29, 0.717) is 0 Å². The molecule has 2 aromatic heterocycles. The fourth-order valence-corrected chi connectivity index (χ4v) is 7.20. The van der Waals surface area contributed by atoms with Gasteiger partial charge in [0.2, 0.25) is 25.0 Å². The van der Waals surface area contributed by atoms with Crippen LogP contribution in [0.15, 0.2) is 33.9 Å². The summed E-state index contributed by atoms with van der Waals surface area (Å²) in [5.41, 5.74) is 0. The molecule has 1 aliphatic heterocycles. The van der Waals surface area contributed by atoms with Crippen LogP contribution in [0.5, 0.6) is 0 Å². The highest BCUT2D eigenvalue weighted by molar-refractivity contribution is 7.92. The molecular formula is C13H15N3O6S3. The number of carbonyl (C=O) groups excluding carboxylic acids is 1. The van der Waals surface area contributed by atoms with E-state index in [0.717, 1.165) is 22.8 Å². The minimum atomic E-state index is -3.97. The Morgan fingerprint density at radius 1 is 1.32 bits per heavy atom. The second-order valence-electron chi connectivity index (χ2n) is 5.42. The average molecular weight is 405 g/mol. The van der Waals surface area contributed by atoms with Gasteiger partial charge >= 0.3 is 5.97 Å². The fraction of sp³-hybridized carbons (Fsp3) is 0.385. The summed E-state index contributed by atoms with van der Waals surface area (Å²) < 4.78 is 57.3. The number of rotatable bonds is 5. The Hall–Kier alpha value is -1.76. The zero-order valence-electron chi connectivity index (χ0n) is 13.3. The number of sulfonamides is 1. The van der Waals surface area contributed by atoms with Crippen molar-refractivity contribution in [3.63, 3.8) is 0 Å². The van der Waals surface area contributed by atoms with Crippen LogP contribution in [0.25, 0.3) is 0 Å². The van der Waals surface area contributed by atoms with Crippen molar-refractivity contribution in [2.75, 3.05) is 20.2 Å². The maximum atomic E-state index is 12.7. The van der Waals surface area contributed by atoms with Gasteiger partial charge in [-0.25, -0.2) is 26.6 Å².